The first-order chi connectivity index (χ1) is 14.5. The summed E-state index contributed by atoms with van der Waals surface area (Å²) in [7, 11) is 0. The molecule has 1 unspecified atom stereocenters. The molecule has 3 heterocycles. The Hall–Kier alpha value is -2.38. The average molecular weight is 529 g/mol. The van der Waals surface area contributed by atoms with E-state index < -0.39 is 11.7 Å². The molecule has 4 aromatic rings. The van der Waals surface area contributed by atoms with E-state index in [0.29, 0.717) is 12.1 Å². The number of fused-ring (bicyclic) bond motifs is 2. The Morgan fingerprint density at radius 2 is 1.57 bits per heavy atom. The zero-order valence-corrected chi connectivity index (χ0v) is 19.2. The minimum absolute atomic E-state index is 0.116. The van der Waals surface area contributed by atoms with Crippen LogP contribution in [0.1, 0.15) is 41.2 Å². The molecule has 152 valence electrons. The van der Waals surface area contributed by atoms with Crippen LogP contribution in [0, 0.1) is 0 Å². The van der Waals surface area contributed by atoms with Crippen molar-refractivity contribution in [2.75, 3.05) is 6.54 Å². The van der Waals surface area contributed by atoms with Crippen LogP contribution in [-0.4, -0.2) is 33.1 Å². The summed E-state index contributed by atoms with van der Waals surface area (Å²) in [5.74, 6) is -0.905. The fraction of sp³-hybridized carbons (Fsp3) is 0.217. The van der Waals surface area contributed by atoms with Crippen molar-refractivity contribution in [1.82, 2.24) is 14.9 Å². The highest BCUT2D eigenvalue weighted by molar-refractivity contribution is 9.10. The van der Waals surface area contributed by atoms with Gasteiger partial charge in [-0.2, -0.15) is 0 Å². The number of nitrogens with one attached hydrogen (secondary N) is 2. The minimum Gasteiger partial charge on any atom is -0.361 e. The summed E-state index contributed by atoms with van der Waals surface area (Å²) in [5, 5.41) is 1.84. The Morgan fingerprint density at radius 3 is 2.33 bits per heavy atom. The fourth-order valence-corrected chi connectivity index (χ4v) is 5.14. The van der Waals surface area contributed by atoms with Crippen LogP contribution < -0.4 is 0 Å². The third kappa shape index (κ3) is 3.30. The van der Waals surface area contributed by atoms with Crippen molar-refractivity contribution in [2.45, 2.75) is 25.3 Å². The van der Waals surface area contributed by atoms with E-state index in [1.807, 2.05) is 36.5 Å². The van der Waals surface area contributed by atoms with E-state index in [9.17, 15) is 9.59 Å². The van der Waals surface area contributed by atoms with Crippen LogP contribution in [0.15, 0.2) is 57.7 Å². The molecule has 1 aliphatic rings. The van der Waals surface area contributed by atoms with Crippen molar-refractivity contribution in [3.8, 4) is 0 Å². The van der Waals surface area contributed by atoms with Gasteiger partial charge < -0.3 is 14.9 Å². The van der Waals surface area contributed by atoms with Crippen molar-refractivity contribution >= 4 is 65.4 Å². The molecule has 0 spiro atoms. The van der Waals surface area contributed by atoms with Gasteiger partial charge in [0.2, 0.25) is 0 Å². The van der Waals surface area contributed by atoms with Gasteiger partial charge in [0.05, 0.1) is 11.6 Å². The van der Waals surface area contributed by atoms with Gasteiger partial charge in [-0.25, -0.2) is 0 Å². The summed E-state index contributed by atoms with van der Waals surface area (Å²) < 4.78 is 1.86. The molecule has 2 aromatic heterocycles. The molecule has 1 fully saturated rings. The molecule has 1 atom stereocenters. The number of H-pyrrole nitrogens is 2. The number of halogens is 2. The Bertz CT molecular complexity index is 1290. The average Bonchev–Trinajstić information content (AvgIpc) is 3.36. The third-order valence-electron chi connectivity index (χ3n) is 5.88. The monoisotopic (exact) mass is 527 g/mol. The van der Waals surface area contributed by atoms with Crippen LogP contribution >= 0.6 is 31.9 Å². The molecule has 5 rings (SSSR count). The van der Waals surface area contributed by atoms with E-state index in [4.69, 9.17) is 0 Å². The smallest absolute Gasteiger partial charge is 0.295 e. The maximum absolute atomic E-state index is 13.4. The summed E-state index contributed by atoms with van der Waals surface area (Å²) in [6.45, 7) is 0.585. The number of aromatic nitrogens is 2. The van der Waals surface area contributed by atoms with Gasteiger partial charge in [0.15, 0.2) is 0 Å². The summed E-state index contributed by atoms with van der Waals surface area (Å²) in [5.41, 5.74) is 3.35. The van der Waals surface area contributed by atoms with E-state index in [0.717, 1.165) is 55.6 Å². The molecule has 30 heavy (non-hydrogen) atoms. The maximum Gasteiger partial charge on any atom is 0.295 e. The van der Waals surface area contributed by atoms with Gasteiger partial charge >= 0.3 is 0 Å². The molecule has 0 bridgehead atoms. The second kappa shape index (κ2) is 7.71. The second-order valence-corrected chi connectivity index (χ2v) is 9.50. The first kappa shape index (κ1) is 19.6. The number of carbonyl (C=O) groups excluding carboxylic acids is 2. The fourth-order valence-electron chi connectivity index (χ4n) is 4.41. The second-order valence-electron chi connectivity index (χ2n) is 7.67. The molecule has 0 aliphatic carbocycles. The standard InChI is InChI=1S/C23H19Br2N3O2/c24-13-4-6-19-15(9-13)17(11-26-19)21-3-1-2-8-28(21)23(30)22(29)18-12-27-20-7-5-14(25)10-16(18)20/h4-7,9-12,21,26-27H,1-3,8H2. The predicted molar refractivity (Wildman–Crippen MR) is 125 cm³/mol. The normalized spacial score (nSPS) is 17.0. The lowest BCUT2D eigenvalue weighted by atomic mass is 9.94. The summed E-state index contributed by atoms with van der Waals surface area (Å²) >= 11 is 6.99. The van der Waals surface area contributed by atoms with E-state index in [-0.39, 0.29) is 6.04 Å². The molecule has 0 radical (unpaired) electrons. The van der Waals surface area contributed by atoms with Gasteiger partial charge in [-0.1, -0.05) is 31.9 Å². The number of hydrogen-bond acceptors (Lipinski definition) is 2. The molecule has 0 saturated carbocycles. The number of hydrogen-bond donors (Lipinski definition) is 2. The van der Waals surface area contributed by atoms with Crippen molar-refractivity contribution in [3.63, 3.8) is 0 Å². The number of piperidine rings is 1. The zero-order chi connectivity index (χ0) is 20.8. The number of Topliss-reactive ketones (excluding diaryl/α,β-unsaturated/α-hetero) is 1. The minimum atomic E-state index is -0.465. The molecule has 2 aromatic carbocycles. The van der Waals surface area contributed by atoms with E-state index in [2.05, 4.69) is 47.9 Å². The first-order valence-electron chi connectivity index (χ1n) is 9.91. The highest BCUT2D eigenvalue weighted by Gasteiger charge is 2.34. The van der Waals surface area contributed by atoms with Crippen LogP contribution in [-0.2, 0) is 4.79 Å². The molecule has 1 saturated heterocycles. The highest BCUT2D eigenvalue weighted by Crippen LogP contribution is 2.36. The predicted octanol–water partition coefficient (Wildman–Crippen LogP) is 6.11. The van der Waals surface area contributed by atoms with Gasteiger partial charge in [0.25, 0.3) is 11.7 Å². The lowest BCUT2D eigenvalue weighted by molar-refractivity contribution is -0.130. The third-order valence-corrected chi connectivity index (χ3v) is 6.87. The Morgan fingerprint density at radius 1 is 0.900 bits per heavy atom. The molecule has 5 nitrogen and oxygen atoms in total. The highest BCUT2D eigenvalue weighted by atomic mass is 79.9. The van der Waals surface area contributed by atoms with Crippen molar-refractivity contribution in [3.05, 3.63) is 68.9 Å². The number of aromatic amines is 2. The van der Waals surface area contributed by atoms with Crippen molar-refractivity contribution in [1.29, 1.82) is 0 Å². The number of nitrogens with zero attached hydrogens (tertiary/aromatic N) is 1. The molecule has 2 N–H and O–H groups in total. The zero-order valence-electron chi connectivity index (χ0n) is 16.0. The van der Waals surface area contributed by atoms with Gasteiger partial charge in [0.1, 0.15) is 0 Å². The Kier molecular flexibility index (Phi) is 5.03. The van der Waals surface area contributed by atoms with E-state index in [1.165, 1.54) is 0 Å². The first-order valence-corrected chi connectivity index (χ1v) is 11.5. The van der Waals surface area contributed by atoms with Gasteiger partial charge in [-0.05, 0) is 61.2 Å². The number of ketones is 1. The van der Waals surface area contributed by atoms with Gasteiger partial charge in [-0.3, -0.25) is 9.59 Å². The maximum atomic E-state index is 13.4. The van der Waals surface area contributed by atoms with Crippen LogP contribution in [0.2, 0.25) is 0 Å². The SMILES string of the molecule is O=C(C(=O)N1CCCCC1c1c[nH]c2ccc(Br)cc12)c1c[nH]c2ccc(Br)cc12. The number of likely N-dealkylation sites (tertiary alicyclic amines) is 1. The molecular weight excluding hydrogens is 510 g/mol. The lowest BCUT2D eigenvalue weighted by Crippen LogP contribution is -2.42. The van der Waals surface area contributed by atoms with Crippen LogP contribution in [0.3, 0.4) is 0 Å². The van der Waals surface area contributed by atoms with E-state index >= 15 is 0 Å². The van der Waals surface area contributed by atoms with Crippen molar-refractivity contribution < 1.29 is 9.59 Å². The largest absolute Gasteiger partial charge is 0.361 e. The van der Waals surface area contributed by atoms with Crippen LogP contribution in [0.4, 0.5) is 0 Å². The number of rotatable bonds is 3. The Balaban J connectivity index is 1.52. The van der Waals surface area contributed by atoms with Crippen LogP contribution in [0.25, 0.3) is 21.8 Å². The number of benzene rings is 2. The molecule has 7 heteroatoms. The Labute approximate surface area is 190 Å². The van der Waals surface area contributed by atoms with Gasteiger partial charge in [0, 0.05) is 49.7 Å². The molecule has 1 aliphatic heterocycles. The van der Waals surface area contributed by atoms with E-state index in [1.54, 1.807) is 11.1 Å². The number of carbonyl (C=O) groups is 2. The van der Waals surface area contributed by atoms with Crippen LogP contribution in [0.5, 0.6) is 0 Å². The number of amides is 1. The lowest BCUT2D eigenvalue weighted by Gasteiger charge is -2.35. The summed E-state index contributed by atoms with van der Waals surface area (Å²) in [6, 6.07) is 11.6. The molecule has 1 amide bonds. The van der Waals surface area contributed by atoms with Gasteiger partial charge in [-0.15, -0.1) is 0 Å². The topological polar surface area (TPSA) is 69.0 Å². The van der Waals surface area contributed by atoms with Crippen molar-refractivity contribution in [2.24, 2.45) is 0 Å². The quantitative estimate of drug-likeness (QED) is 0.249. The molecular formula is C23H19Br2N3O2. The summed E-state index contributed by atoms with van der Waals surface area (Å²) in [6.07, 6.45) is 6.39. The summed E-state index contributed by atoms with van der Waals surface area (Å²) in [4.78, 5) is 34.7.